The number of cyclic esters (lactones) is 2. The van der Waals surface area contributed by atoms with Crippen LogP contribution in [0.5, 0.6) is 5.75 Å². The van der Waals surface area contributed by atoms with Crippen LogP contribution in [0, 0.1) is 0 Å². The van der Waals surface area contributed by atoms with Crippen LogP contribution in [0.3, 0.4) is 0 Å². The van der Waals surface area contributed by atoms with Gasteiger partial charge in [-0.25, -0.2) is 44.3 Å². The minimum absolute atomic E-state index is 0.00499. The normalized spacial score (nSPS) is 23.1. The summed E-state index contributed by atoms with van der Waals surface area (Å²) in [7, 11) is 6.13. The SMILES string of the molecule is C=C(NC(=O)c1csc(-c2nc3c(cc2O)-c2nc(cs2)C(=O)NC(C(C)O)C(=O)N/C(=C(\C)OC)c2nc(cs2)C(=O)NC2c4nc(cs4)C(=O)NC(COC(=O)c4c5c6c(cccc6n4OC(=O)N(C)CCO)COC(=O)C(OC4CC(C)(O)C(N(C)C)C(C)O4)C2OC5)c2nc-3cs2)n1)C(N)=O. The van der Waals surface area contributed by atoms with Gasteiger partial charge in [-0.2, -0.15) is 4.73 Å². The number of aromatic hydroxyl groups is 1. The molecule has 10 atom stereocenters. The lowest BCUT2D eigenvalue weighted by atomic mass is 9.85. The lowest BCUT2D eigenvalue weighted by molar-refractivity contribution is -0.280. The molecule has 105 heavy (non-hydrogen) atoms. The molecule has 0 aliphatic carbocycles. The number of benzene rings is 1. The zero-order chi connectivity index (χ0) is 75.2. The molecule has 1 aromatic carbocycles. The van der Waals surface area contributed by atoms with Gasteiger partial charge in [0.1, 0.15) is 120 Å². The summed E-state index contributed by atoms with van der Waals surface area (Å²) >= 11 is 4.35. The highest BCUT2D eigenvalue weighted by Crippen LogP contribution is 2.43. The average Bonchev–Trinajstić information content (AvgIpc) is 1.58. The summed E-state index contributed by atoms with van der Waals surface area (Å²) in [5.74, 6) is -8.56. The van der Waals surface area contributed by atoms with E-state index in [1.807, 2.05) is 0 Å². The van der Waals surface area contributed by atoms with Crippen molar-refractivity contribution < 1.29 is 96.8 Å². The Morgan fingerprint density at radius 2 is 1.52 bits per heavy atom. The molecule has 552 valence electrons. The number of esters is 2. The topological polar surface area (TPSA) is 474 Å². The number of nitrogens with one attached hydrogen (secondary N) is 5. The number of hydrogen-bond donors (Lipinski definition) is 10. The molecule has 1 saturated heterocycles. The summed E-state index contributed by atoms with van der Waals surface area (Å²) in [6.45, 7) is 6.69. The third-order valence-corrected chi connectivity index (χ3v) is 21.7. The Morgan fingerprint density at radius 3 is 2.23 bits per heavy atom. The number of methoxy groups -OCH3 is 1. The molecule has 4 aliphatic heterocycles. The maximum Gasteiger partial charge on any atom is 0.434 e. The number of nitrogens with zero attached hydrogens (tertiary/aromatic N) is 9. The van der Waals surface area contributed by atoms with Crippen molar-refractivity contribution in [2.45, 2.75) is 108 Å². The van der Waals surface area contributed by atoms with Gasteiger partial charge in [0.25, 0.3) is 29.5 Å². The standard InChI is InChI=1S/C65H67N15O20S5/c1-25(51(66)84)67-52(85)34-22-104-60(72-34)45-39(83)15-30-44(74-45)33-20-102-58(69-33)32-19-97-62(90)47-31-18-95-48(49(99-40-16-65(5,93)50(78(6)7)28(4)98-40)63(91)96-17-29-11-10-12-38(41(29)31)80(47)100-64(92)79(8)13-14-81)46(61-73-35(23-105-61)53(86)68-32)77-55(88)37-24-103-59(71-37)43(27(3)94-9)76-56(89)42(26(2)82)75-54(87)36-21-101-57(30)70-36/h10-12,15,20-24,26,28,32,40,42,46,48-50,81-83,93H,1,13-14,16-19H2,2-9H3,(H2,66,84)(H,67,85)(H,68,86)(H,75,87)(H,76,89)(H,77,88)/b43-27+. The predicted octanol–water partition coefficient (Wildman–Crippen LogP) is 3.13. The van der Waals surface area contributed by atoms with Crippen LogP contribution in [-0.2, 0) is 56.0 Å². The van der Waals surface area contributed by atoms with E-state index in [9.17, 15) is 44.4 Å². The number of aliphatic hydroxyl groups is 3. The van der Waals surface area contributed by atoms with E-state index in [4.69, 9.17) is 53.9 Å². The number of amides is 7. The fraction of sp³-hybridized carbons (Fsp3) is 0.369. The van der Waals surface area contributed by atoms with E-state index in [-0.39, 0.29) is 117 Å². The first-order valence-corrected chi connectivity index (χ1v) is 36.3. The van der Waals surface area contributed by atoms with Crippen LogP contribution in [0.15, 0.2) is 69.2 Å². The summed E-state index contributed by atoms with van der Waals surface area (Å²) in [4.78, 5) is 166. The Labute approximate surface area is 614 Å². The van der Waals surface area contributed by atoms with Gasteiger partial charge < -0.3 is 95.8 Å². The van der Waals surface area contributed by atoms with Gasteiger partial charge in [0.15, 0.2) is 18.1 Å². The monoisotopic (exact) mass is 1540 g/mol. The maximum atomic E-state index is 15.6. The fourth-order valence-corrected chi connectivity index (χ4v) is 16.4. The molecule has 12 rings (SSSR count). The Morgan fingerprint density at radius 1 is 0.857 bits per heavy atom. The average molecular weight is 1540 g/mol. The van der Waals surface area contributed by atoms with E-state index in [1.54, 1.807) is 38.9 Å². The molecule has 40 heteroatoms. The van der Waals surface area contributed by atoms with Gasteiger partial charge in [-0.15, -0.1) is 56.7 Å². The number of thiazole rings is 5. The number of aliphatic hydroxyl groups excluding tert-OH is 2. The second-order valence-electron chi connectivity index (χ2n) is 24.8. The van der Waals surface area contributed by atoms with Crippen LogP contribution in [0.4, 0.5) is 4.79 Å². The third-order valence-electron chi connectivity index (χ3n) is 17.2. The quantitative estimate of drug-likeness (QED) is 0.0477. The molecule has 4 aliphatic rings. The van der Waals surface area contributed by atoms with E-state index in [2.05, 4.69) is 48.1 Å². The summed E-state index contributed by atoms with van der Waals surface area (Å²) < 4.78 is 39.0. The van der Waals surface area contributed by atoms with Crippen LogP contribution in [-0.4, -0.2) is 215 Å². The Kier molecular flexibility index (Phi) is 21.7. The van der Waals surface area contributed by atoms with Crippen molar-refractivity contribution in [1.29, 1.82) is 0 Å². The number of pyridine rings is 1. The van der Waals surface area contributed by atoms with E-state index in [0.29, 0.717) is 0 Å². The van der Waals surface area contributed by atoms with Gasteiger partial charge in [0.2, 0.25) is 5.91 Å². The smallest absolute Gasteiger partial charge is 0.434 e. The molecule has 11 N–H and O–H groups in total. The van der Waals surface area contributed by atoms with Crippen molar-refractivity contribution in [2.75, 3.05) is 48.0 Å². The van der Waals surface area contributed by atoms with E-state index < -0.39 is 158 Å². The fourth-order valence-electron chi connectivity index (χ4n) is 12.2. The molecular weight excluding hydrogens is 1470 g/mol. The summed E-state index contributed by atoms with van der Waals surface area (Å²) in [5.41, 5.74) is 1.57. The molecule has 1 fully saturated rings. The molecule has 35 nitrogen and oxygen atoms in total. The van der Waals surface area contributed by atoms with Crippen LogP contribution >= 0.6 is 56.7 Å². The van der Waals surface area contributed by atoms with Crippen molar-refractivity contribution in [2.24, 2.45) is 5.73 Å². The molecule has 12 bridgehead atoms. The Balaban J connectivity index is 1.07. The second kappa shape index (κ2) is 30.5. The first kappa shape index (κ1) is 74.6. The predicted molar refractivity (Wildman–Crippen MR) is 375 cm³/mol. The molecule has 0 radical (unpaired) electrons. The van der Waals surface area contributed by atoms with E-state index in [1.165, 1.54) is 73.1 Å². The number of carbonyl (C=O) groups excluding carboxylic acids is 9. The minimum atomic E-state index is -1.98. The van der Waals surface area contributed by atoms with Gasteiger partial charge in [-0.3, -0.25) is 28.8 Å². The number of likely N-dealkylation sites (N-methyl/N-ethyl adjacent to an activating group) is 2. The number of hydrogen-bond acceptors (Lipinski definition) is 32. The van der Waals surface area contributed by atoms with Crippen molar-refractivity contribution in [3.8, 4) is 38.4 Å². The summed E-state index contributed by atoms with van der Waals surface area (Å²) in [6.07, 6.45) is -8.91. The molecular formula is C65H67N15O20S5. The maximum absolute atomic E-state index is 15.6. The zero-order valence-electron chi connectivity index (χ0n) is 56.8. The molecule has 0 saturated carbocycles. The third kappa shape index (κ3) is 15.3. The van der Waals surface area contributed by atoms with Crippen molar-refractivity contribution in [3.63, 3.8) is 0 Å². The number of rotatable bonds is 12. The van der Waals surface area contributed by atoms with Gasteiger partial charge >= 0.3 is 18.0 Å². The number of ether oxygens (including phenoxy) is 6. The van der Waals surface area contributed by atoms with Crippen molar-refractivity contribution >= 4 is 127 Å². The van der Waals surface area contributed by atoms with E-state index in [0.717, 1.165) is 66.3 Å². The van der Waals surface area contributed by atoms with Crippen molar-refractivity contribution in [3.05, 3.63) is 124 Å². The van der Waals surface area contributed by atoms with Crippen LogP contribution in [0.25, 0.3) is 49.3 Å². The van der Waals surface area contributed by atoms with Gasteiger partial charge in [0, 0.05) is 63.4 Å². The molecule has 7 aromatic heterocycles. The van der Waals surface area contributed by atoms with Gasteiger partial charge in [-0.05, 0) is 59.5 Å². The molecule has 10 unspecified atom stereocenters. The highest BCUT2D eigenvalue weighted by molar-refractivity contribution is 7.14. The van der Waals surface area contributed by atoms with Crippen LogP contribution in [0.2, 0.25) is 0 Å². The van der Waals surface area contributed by atoms with Crippen LogP contribution in [0.1, 0.15) is 125 Å². The Hall–Kier alpha value is -10.1. The second-order valence-corrected chi connectivity index (χ2v) is 29.2. The minimum Gasteiger partial charge on any atom is -0.506 e. The molecule has 11 heterocycles. The van der Waals surface area contributed by atoms with Gasteiger partial charge in [0.05, 0.1) is 55.4 Å². The lowest BCUT2D eigenvalue weighted by Gasteiger charge is -2.48. The highest BCUT2D eigenvalue weighted by Gasteiger charge is 2.50. The Bertz CT molecular complexity index is 4840. The number of carbonyl (C=O) groups is 9. The summed E-state index contributed by atoms with van der Waals surface area (Å²) in [5, 5.41) is 65.1. The zero-order valence-corrected chi connectivity index (χ0v) is 60.9. The first-order valence-electron chi connectivity index (χ1n) is 31.9. The lowest BCUT2D eigenvalue weighted by Crippen LogP contribution is -2.62. The number of nitrogens with two attached hydrogens (primary N) is 1. The highest BCUT2D eigenvalue weighted by atomic mass is 32.1. The molecule has 7 amide bonds. The summed E-state index contributed by atoms with van der Waals surface area (Å²) in [6, 6.07) is 0.377. The van der Waals surface area contributed by atoms with E-state index >= 15 is 19.2 Å². The molecule has 0 spiro atoms. The van der Waals surface area contributed by atoms with Gasteiger partial charge in [-0.1, -0.05) is 18.7 Å². The van der Waals surface area contributed by atoms with Crippen molar-refractivity contribution in [1.82, 2.24) is 71.0 Å². The van der Waals surface area contributed by atoms with Crippen LogP contribution < -0.4 is 37.2 Å². The number of primary amides is 1. The molecule has 8 aromatic rings. The number of fused-ring (bicyclic) bond motifs is 15. The number of allylic oxidation sites excluding steroid dienone is 1. The first-order chi connectivity index (χ1) is 50.0. The largest absolute Gasteiger partial charge is 0.506 e. The number of aromatic nitrogens is 7.